The molecule has 11 heavy (non-hydrogen) atoms. The maximum absolute atomic E-state index is 10.7. The fourth-order valence-electron chi connectivity index (χ4n) is 1.58. The molecule has 2 atom stereocenters. The number of carbonyl (C=O) groups excluding carboxylic acids is 1. The van der Waals surface area contributed by atoms with Crippen LogP contribution in [0.5, 0.6) is 0 Å². The van der Waals surface area contributed by atoms with Crippen molar-refractivity contribution < 1.29 is 9.53 Å². The molecule has 1 aliphatic rings. The van der Waals surface area contributed by atoms with E-state index in [-0.39, 0.29) is 12.0 Å². The first-order valence-electron chi connectivity index (χ1n) is 4.32. The van der Waals surface area contributed by atoms with E-state index in [1.807, 2.05) is 0 Å². The van der Waals surface area contributed by atoms with Crippen LogP contribution < -0.4 is 0 Å². The second-order valence-corrected chi connectivity index (χ2v) is 3.51. The molecule has 0 radical (unpaired) electrons. The highest BCUT2D eigenvalue weighted by molar-refractivity contribution is 5.55. The topological polar surface area (TPSA) is 26.3 Å². The summed E-state index contributed by atoms with van der Waals surface area (Å²) >= 11 is 0. The molecule has 0 saturated carbocycles. The van der Waals surface area contributed by atoms with E-state index in [1.54, 1.807) is 0 Å². The van der Waals surface area contributed by atoms with Gasteiger partial charge in [-0.1, -0.05) is 13.8 Å². The molecule has 0 bridgehead atoms. The Labute approximate surface area is 67.9 Å². The monoisotopic (exact) mass is 156 g/mol. The van der Waals surface area contributed by atoms with Crippen LogP contribution in [-0.2, 0) is 9.53 Å². The van der Waals surface area contributed by atoms with Gasteiger partial charge in [0.05, 0.1) is 6.10 Å². The average Bonchev–Trinajstić information content (AvgIpc) is 2.40. The van der Waals surface area contributed by atoms with Gasteiger partial charge >= 0.3 is 0 Å². The normalized spacial score (nSPS) is 27.4. The highest BCUT2D eigenvalue weighted by atomic mass is 16.5. The first-order chi connectivity index (χ1) is 5.25. The van der Waals surface area contributed by atoms with Crippen molar-refractivity contribution in [3.8, 4) is 0 Å². The smallest absolute Gasteiger partial charge is 0.125 e. The number of hydrogen-bond acceptors (Lipinski definition) is 2. The predicted octanol–water partition coefficient (Wildman–Crippen LogP) is 1.64. The second-order valence-electron chi connectivity index (χ2n) is 3.51. The number of aldehydes is 1. The summed E-state index contributed by atoms with van der Waals surface area (Å²) in [5.41, 5.74) is 0. The fourth-order valence-corrected chi connectivity index (χ4v) is 1.58. The Hall–Kier alpha value is -0.370. The summed E-state index contributed by atoms with van der Waals surface area (Å²) in [5.74, 6) is 0.521. The van der Waals surface area contributed by atoms with Crippen LogP contribution in [0, 0.1) is 11.8 Å². The third-order valence-electron chi connectivity index (χ3n) is 2.32. The van der Waals surface area contributed by atoms with Crippen molar-refractivity contribution in [1.29, 1.82) is 0 Å². The van der Waals surface area contributed by atoms with Gasteiger partial charge in [-0.25, -0.2) is 0 Å². The molecule has 0 spiro atoms. The minimum atomic E-state index is 0.109. The fraction of sp³-hybridized carbons (Fsp3) is 0.889. The molecule has 1 fully saturated rings. The quantitative estimate of drug-likeness (QED) is 0.580. The van der Waals surface area contributed by atoms with Crippen molar-refractivity contribution in [2.75, 3.05) is 6.61 Å². The zero-order valence-corrected chi connectivity index (χ0v) is 7.25. The van der Waals surface area contributed by atoms with Crippen LogP contribution in [0.1, 0.15) is 26.7 Å². The van der Waals surface area contributed by atoms with Gasteiger partial charge in [-0.3, -0.25) is 0 Å². The summed E-state index contributed by atoms with van der Waals surface area (Å²) in [4.78, 5) is 10.7. The van der Waals surface area contributed by atoms with E-state index in [0.717, 1.165) is 25.7 Å². The van der Waals surface area contributed by atoms with Gasteiger partial charge < -0.3 is 9.53 Å². The van der Waals surface area contributed by atoms with E-state index in [0.29, 0.717) is 5.92 Å². The Morgan fingerprint density at radius 1 is 1.55 bits per heavy atom. The Morgan fingerprint density at radius 3 is 2.64 bits per heavy atom. The molecule has 0 aromatic rings. The highest BCUT2D eigenvalue weighted by Crippen LogP contribution is 2.24. The molecule has 1 heterocycles. The maximum atomic E-state index is 10.7. The van der Waals surface area contributed by atoms with Gasteiger partial charge in [-0.15, -0.1) is 0 Å². The van der Waals surface area contributed by atoms with E-state index in [1.165, 1.54) is 0 Å². The zero-order valence-electron chi connectivity index (χ0n) is 7.25. The predicted molar refractivity (Wildman–Crippen MR) is 43.4 cm³/mol. The highest BCUT2D eigenvalue weighted by Gasteiger charge is 2.27. The van der Waals surface area contributed by atoms with Crippen LogP contribution in [0.25, 0.3) is 0 Å². The molecule has 2 unspecified atom stereocenters. The lowest BCUT2D eigenvalue weighted by atomic mass is 9.90. The first kappa shape index (κ1) is 8.72. The summed E-state index contributed by atoms with van der Waals surface area (Å²) in [7, 11) is 0. The summed E-state index contributed by atoms with van der Waals surface area (Å²) in [6.07, 6.45) is 3.41. The van der Waals surface area contributed by atoms with Gasteiger partial charge in [0.15, 0.2) is 0 Å². The molecule has 0 aromatic heterocycles. The van der Waals surface area contributed by atoms with Crippen LogP contribution in [-0.4, -0.2) is 19.0 Å². The second kappa shape index (κ2) is 3.86. The molecule has 0 aromatic carbocycles. The van der Waals surface area contributed by atoms with Crippen molar-refractivity contribution in [3.05, 3.63) is 0 Å². The van der Waals surface area contributed by atoms with Crippen molar-refractivity contribution in [3.63, 3.8) is 0 Å². The summed E-state index contributed by atoms with van der Waals surface area (Å²) in [6, 6.07) is 0. The van der Waals surface area contributed by atoms with Crippen molar-refractivity contribution in [2.24, 2.45) is 11.8 Å². The molecule has 0 N–H and O–H groups in total. The molecule has 2 heteroatoms. The number of hydrogen-bond donors (Lipinski definition) is 0. The molecular weight excluding hydrogens is 140 g/mol. The van der Waals surface area contributed by atoms with Gasteiger partial charge in [0.1, 0.15) is 6.29 Å². The molecular formula is C9H16O2. The number of rotatable bonds is 3. The van der Waals surface area contributed by atoms with Gasteiger partial charge in [0.2, 0.25) is 0 Å². The van der Waals surface area contributed by atoms with Gasteiger partial charge in [-0.05, 0) is 18.8 Å². The van der Waals surface area contributed by atoms with Gasteiger partial charge in [0.25, 0.3) is 0 Å². The van der Waals surface area contributed by atoms with E-state index in [2.05, 4.69) is 13.8 Å². The molecule has 2 nitrogen and oxygen atoms in total. The van der Waals surface area contributed by atoms with Gasteiger partial charge in [0, 0.05) is 12.5 Å². The summed E-state index contributed by atoms with van der Waals surface area (Å²) in [6.45, 7) is 4.98. The van der Waals surface area contributed by atoms with E-state index in [9.17, 15) is 4.79 Å². The SMILES string of the molecule is CC(C)C(C=O)C1CCCO1. The molecule has 64 valence electrons. The molecule has 0 aliphatic carbocycles. The van der Waals surface area contributed by atoms with Crippen LogP contribution in [0.15, 0.2) is 0 Å². The van der Waals surface area contributed by atoms with Crippen LogP contribution in [0.3, 0.4) is 0 Å². The third-order valence-corrected chi connectivity index (χ3v) is 2.32. The molecule has 0 amide bonds. The van der Waals surface area contributed by atoms with Crippen molar-refractivity contribution >= 4 is 6.29 Å². The minimum Gasteiger partial charge on any atom is -0.377 e. The lowest BCUT2D eigenvalue weighted by Gasteiger charge is -2.20. The van der Waals surface area contributed by atoms with Crippen molar-refractivity contribution in [1.82, 2.24) is 0 Å². The zero-order chi connectivity index (χ0) is 8.27. The van der Waals surface area contributed by atoms with Crippen LogP contribution in [0.2, 0.25) is 0 Å². The lowest BCUT2D eigenvalue weighted by molar-refractivity contribution is -0.116. The van der Waals surface area contributed by atoms with E-state index >= 15 is 0 Å². The molecule has 1 aliphatic heterocycles. The summed E-state index contributed by atoms with van der Waals surface area (Å²) < 4.78 is 5.44. The van der Waals surface area contributed by atoms with Crippen LogP contribution >= 0.6 is 0 Å². The standard InChI is InChI=1S/C9H16O2/c1-7(2)8(6-10)9-4-3-5-11-9/h6-9H,3-5H2,1-2H3. The lowest BCUT2D eigenvalue weighted by Crippen LogP contribution is -2.25. The third kappa shape index (κ3) is 2.03. The average molecular weight is 156 g/mol. The largest absolute Gasteiger partial charge is 0.377 e. The maximum Gasteiger partial charge on any atom is 0.125 e. The van der Waals surface area contributed by atoms with E-state index in [4.69, 9.17) is 4.74 Å². The van der Waals surface area contributed by atoms with Gasteiger partial charge in [-0.2, -0.15) is 0 Å². The molecule has 1 rings (SSSR count). The Balaban J connectivity index is 2.46. The summed E-state index contributed by atoms with van der Waals surface area (Å²) in [5, 5.41) is 0. The van der Waals surface area contributed by atoms with Crippen LogP contribution in [0.4, 0.5) is 0 Å². The first-order valence-corrected chi connectivity index (χ1v) is 4.32. The van der Waals surface area contributed by atoms with E-state index < -0.39 is 0 Å². The number of carbonyl (C=O) groups is 1. The Morgan fingerprint density at radius 2 is 2.27 bits per heavy atom. The Bertz CT molecular complexity index is 126. The number of ether oxygens (including phenoxy) is 1. The van der Waals surface area contributed by atoms with Crippen molar-refractivity contribution in [2.45, 2.75) is 32.8 Å². The minimum absolute atomic E-state index is 0.109. The Kier molecular flexibility index (Phi) is 3.06. The molecule has 1 saturated heterocycles.